The minimum absolute atomic E-state index is 0.183. The Morgan fingerprint density at radius 3 is 2.44 bits per heavy atom. The molecular weight excluding hydrogens is 204 g/mol. The zero-order valence-electron chi connectivity index (χ0n) is 10.6. The van der Waals surface area contributed by atoms with Crippen LogP contribution in [0.15, 0.2) is 0 Å². The normalized spacial score (nSPS) is 25.6. The molecule has 16 heavy (non-hydrogen) atoms. The van der Waals surface area contributed by atoms with Gasteiger partial charge in [-0.25, -0.2) is 0 Å². The van der Waals surface area contributed by atoms with Crippen LogP contribution >= 0.6 is 0 Å². The summed E-state index contributed by atoms with van der Waals surface area (Å²) in [6.07, 6.45) is 3.63. The highest BCUT2D eigenvalue weighted by molar-refractivity contribution is 5.69. The minimum Gasteiger partial charge on any atom is -0.480 e. The van der Waals surface area contributed by atoms with Crippen molar-refractivity contribution in [2.24, 2.45) is 5.92 Å². The summed E-state index contributed by atoms with van der Waals surface area (Å²) in [5, 5.41) is 8.94. The van der Waals surface area contributed by atoms with E-state index in [1.54, 1.807) is 0 Å². The van der Waals surface area contributed by atoms with Crippen LogP contribution < -0.4 is 0 Å². The Morgan fingerprint density at radius 1 is 1.31 bits per heavy atom. The van der Waals surface area contributed by atoms with Crippen LogP contribution in [0, 0.1) is 5.92 Å². The second kappa shape index (κ2) is 6.21. The molecule has 0 aromatic carbocycles. The van der Waals surface area contributed by atoms with E-state index < -0.39 is 5.97 Å². The molecule has 0 saturated heterocycles. The topological polar surface area (TPSA) is 43.8 Å². The van der Waals surface area contributed by atoms with Crippen LogP contribution in [0.1, 0.15) is 26.2 Å². The first kappa shape index (κ1) is 13.5. The van der Waals surface area contributed by atoms with Gasteiger partial charge in [-0.2, -0.15) is 0 Å². The lowest BCUT2D eigenvalue weighted by Gasteiger charge is -2.31. The first-order valence-electron chi connectivity index (χ1n) is 6.11. The standard InChI is InChI=1S/C12H24N2O2/c1-10-5-4-6-11(10)14(9-12(15)16)8-7-13(2)3/h10-11H,4-9H2,1-3H3,(H,15,16). The molecule has 4 nitrogen and oxygen atoms in total. The van der Waals surface area contributed by atoms with E-state index in [9.17, 15) is 4.79 Å². The first-order valence-corrected chi connectivity index (χ1v) is 6.11. The summed E-state index contributed by atoms with van der Waals surface area (Å²) in [4.78, 5) is 15.1. The molecule has 0 spiro atoms. The van der Waals surface area contributed by atoms with E-state index in [1.807, 2.05) is 14.1 Å². The van der Waals surface area contributed by atoms with Crippen molar-refractivity contribution in [2.45, 2.75) is 32.2 Å². The molecule has 0 bridgehead atoms. The van der Waals surface area contributed by atoms with Crippen LogP contribution in [0.5, 0.6) is 0 Å². The monoisotopic (exact) mass is 228 g/mol. The maximum Gasteiger partial charge on any atom is 0.317 e. The molecule has 2 atom stereocenters. The van der Waals surface area contributed by atoms with Gasteiger partial charge in [-0.15, -0.1) is 0 Å². The van der Waals surface area contributed by atoms with Gasteiger partial charge in [-0.05, 0) is 32.9 Å². The van der Waals surface area contributed by atoms with Crippen LogP contribution in [0.2, 0.25) is 0 Å². The Hall–Kier alpha value is -0.610. The van der Waals surface area contributed by atoms with E-state index in [2.05, 4.69) is 16.7 Å². The molecule has 0 heterocycles. The van der Waals surface area contributed by atoms with Gasteiger partial charge in [-0.1, -0.05) is 13.3 Å². The maximum absolute atomic E-state index is 10.9. The SMILES string of the molecule is CC1CCCC1N(CCN(C)C)CC(=O)O. The zero-order chi connectivity index (χ0) is 12.1. The van der Waals surface area contributed by atoms with Gasteiger partial charge in [0, 0.05) is 19.1 Å². The fraction of sp³-hybridized carbons (Fsp3) is 0.917. The third-order valence-electron chi connectivity index (χ3n) is 3.46. The number of likely N-dealkylation sites (N-methyl/N-ethyl adjacent to an activating group) is 1. The Labute approximate surface area is 98.2 Å². The van der Waals surface area contributed by atoms with E-state index >= 15 is 0 Å². The fourth-order valence-electron chi connectivity index (χ4n) is 2.53. The summed E-state index contributed by atoms with van der Waals surface area (Å²) >= 11 is 0. The number of carboxylic acid groups (broad SMARTS) is 1. The van der Waals surface area contributed by atoms with Gasteiger partial charge >= 0.3 is 5.97 Å². The van der Waals surface area contributed by atoms with Crippen molar-refractivity contribution in [2.75, 3.05) is 33.7 Å². The summed E-state index contributed by atoms with van der Waals surface area (Å²) in [5.41, 5.74) is 0. The summed E-state index contributed by atoms with van der Waals surface area (Å²) < 4.78 is 0. The molecule has 1 fully saturated rings. The van der Waals surface area contributed by atoms with E-state index in [1.165, 1.54) is 12.8 Å². The van der Waals surface area contributed by atoms with Crippen molar-refractivity contribution in [3.05, 3.63) is 0 Å². The van der Waals surface area contributed by atoms with Crippen molar-refractivity contribution in [1.29, 1.82) is 0 Å². The van der Waals surface area contributed by atoms with Gasteiger partial charge in [-0.3, -0.25) is 9.69 Å². The lowest BCUT2D eigenvalue weighted by atomic mass is 10.0. The molecule has 94 valence electrons. The van der Waals surface area contributed by atoms with Crippen LogP contribution in [-0.4, -0.2) is 60.6 Å². The second-order valence-corrected chi connectivity index (χ2v) is 5.14. The fourth-order valence-corrected chi connectivity index (χ4v) is 2.53. The molecule has 1 saturated carbocycles. The van der Waals surface area contributed by atoms with Crippen molar-refractivity contribution in [3.8, 4) is 0 Å². The molecule has 0 aromatic rings. The highest BCUT2D eigenvalue weighted by Crippen LogP contribution is 2.29. The Bertz CT molecular complexity index is 231. The summed E-state index contributed by atoms with van der Waals surface area (Å²) in [6.45, 7) is 4.20. The summed E-state index contributed by atoms with van der Waals surface area (Å²) in [6, 6.07) is 0.469. The lowest BCUT2D eigenvalue weighted by molar-refractivity contribution is -0.139. The second-order valence-electron chi connectivity index (χ2n) is 5.14. The van der Waals surface area contributed by atoms with E-state index in [0.29, 0.717) is 12.0 Å². The molecule has 1 N–H and O–H groups in total. The molecule has 1 aliphatic carbocycles. The van der Waals surface area contributed by atoms with Gasteiger partial charge in [0.25, 0.3) is 0 Å². The van der Waals surface area contributed by atoms with E-state index in [-0.39, 0.29) is 6.54 Å². The quantitative estimate of drug-likeness (QED) is 0.740. The van der Waals surface area contributed by atoms with Gasteiger partial charge in [0.1, 0.15) is 0 Å². The predicted octanol–water partition coefficient (Wildman–Crippen LogP) is 1.12. The van der Waals surface area contributed by atoms with Gasteiger partial charge in [0.05, 0.1) is 6.54 Å². The molecule has 1 rings (SSSR count). The highest BCUT2D eigenvalue weighted by Gasteiger charge is 2.29. The average molecular weight is 228 g/mol. The van der Waals surface area contributed by atoms with Crippen molar-refractivity contribution in [3.63, 3.8) is 0 Å². The Balaban J connectivity index is 2.51. The highest BCUT2D eigenvalue weighted by atomic mass is 16.4. The molecule has 1 aliphatic rings. The Morgan fingerprint density at radius 2 is 2.00 bits per heavy atom. The number of hydrogen-bond donors (Lipinski definition) is 1. The first-order chi connectivity index (χ1) is 7.50. The smallest absolute Gasteiger partial charge is 0.317 e. The lowest BCUT2D eigenvalue weighted by Crippen LogP contribution is -2.43. The molecule has 4 heteroatoms. The van der Waals surface area contributed by atoms with Gasteiger partial charge in [0.2, 0.25) is 0 Å². The summed E-state index contributed by atoms with van der Waals surface area (Å²) in [5.74, 6) is -0.0700. The minimum atomic E-state index is -0.710. The predicted molar refractivity (Wildman–Crippen MR) is 64.6 cm³/mol. The van der Waals surface area contributed by atoms with Crippen molar-refractivity contribution >= 4 is 5.97 Å². The maximum atomic E-state index is 10.9. The van der Waals surface area contributed by atoms with Gasteiger partial charge < -0.3 is 10.0 Å². The third-order valence-corrected chi connectivity index (χ3v) is 3.46. The molecule has 2 unspecified atom stereocenters. The van der Waals surface area contributed by atoms with Crippen LogP contribution in [0.25, 0.3) is 0 Å². The number of aliphatic carboxylic acids is 1. The zero-order valence-corrected chi connectivity index (χ0v) is 10.6. The molecule has 0 aliphatic heterocycles. The van der Waals surface area contributed by atoms with Crippen LogP contribution in [0.4, 0.5) is 0 Å². The van der Waals surface area contributed by atoms with Gasteiger partial charge in [0.15, 0.2) is 0 Å². The number of hydrogen-bond acceptors (Lipinski definition) is 3. The molecule has 0 radical (unpaired) electrons. The number of carboxylic acids is 1. The van der Waals surface area contributed by atoms with E-state index in [0.717, 1.165) is 19.5 Å². The molecule has 0 aromatic heterocycles. The largest absolute Gasteiger partial charge is 0.480 e. The van der Waals surface area contributed by atoms with E-state index in [4.69, 9.17) is 5.11 Å². The van der Waals surface area contributed by atoms with Crippen molar-refractivity contribution < 1.29 is 9.90 Å². The van der Waals surface area contributed by atoms with Crippen LogP contribution in [0.3, 0.4) is 0 Å². The average Bonchev–Trinajstić information content (AvgIpc) is 2.58. The number of carbonyl (C=O) groups is 1. The number of nitrogens with zero attached hydrogens (tertiary/aromatic N) is 2. The Kier molecular flexibility index (Phi) is 5.22. The van der Waals surface area contributed by atoms with Crippen molar-refractivity contribution in [1.82, 2.24) is 9.80 Å². The molecule has 0 amide bonds. The molecular formula is C12H24N2O2. The number of rotatable bonds is 6. The third kappa shape index (κ3) is 4.10. The van der Waals surface area contributed by atoms with Crippen LogP contribution in [-0.2, 0) is 4.79 Å². The summed E-state index contributed by atoms with van der Waals surface area (Å²) in [7, 11) is 4.05.